The minimum atomic E-state index is -0.679. The molecule has 6 nitrogen and oxygen atoms in total. The molecule has 1 aliphatic rings. The van der Waals surface area contributed by atoms with Gasteiger partial charge >= 0.3 is 0 Å². The molecule has 3 aromatic rings. The molecule has 1 unspecified atom stereocenters. The van der Waals surface area contributed by atoms with Crippen LogP contribution in [-0.4, -0.2) is 27.4 Å². The van der Waals surface area contributed by atoms with Gasteiger partial charge in [0.05, 0.1) is 5.69 Å². The maximum Gasteiger partial charge on any atom is 0.251 e. The number of nitrogens with zero attached hydrogens (tertiary/aromatic N) is 2. The summed E-state index contributed by atoms with van der Waals surface area (Å²) in [6, 6.07) is 13.6. The second-order valence-corrected chi connectivity index (χ2v) is 8.90. The molecule has 2 amide bonds. The quantitative estimate of drug-likeness (QED) is 0.558. The van der Waals surface area contributed by atoms with E-state index in [0.717, 1.165) is 30.0 Å². The summed E-state index contributed by atoms with van der Waals surface area (Å²) in [6.07, 6.45) is 5.43. The first-order chi connectivity index (χ1) is 15.4. The van der Waals surface area contributed by atoms with E-state index in [9.17, 15) is 9.59 Å². The molecule has 1 aliphatic heterocycles. The largest absolute Gasteiger partial charge is 0.340 e. The van der Waals surface area contributed by atoms with E-state index in [0.29, 0.717) is 16.3 Å². The van der Waals surface area contributed by atoms with Gasteiger partial charge in [0.15, 0.2) is 0 Å². The van der Waals surface area contributed by atoms with Crippen LogP contribution in [0.3, 0.4) is 0 Å². The Labute approximate surface area is 193 Å². The van der Waals surface area contributed by atoms with Gasteiger partial charge in [0.25, 0.3) is 5.91 Å². The molecule has 0 bridgehead atoms. The molecule has 1 atom stereocenters. The molecule has 0 radical (unpaired) electrons. The molecular weight excluding hydrogens is 424 g/mol. The maximum absolute atomic E-state index is 13.0. The number of fused-ring (bicyclic) bond motifs is 1. The zero-order chi connectivity index (χ0) is 22.7. The van der Waals surface area contributed by atoms with E-state index < -0.39 is 6.04 Å². The SMILES string of the molecule is CC(C)C(NC(=O)c1ccc(Cl)cc1)C(=O)Nc1cccc(-c2cn3c(n2)CCCC3)c1. The van der Waals surface area contributed by atoms with Crippen LogP contribution in [0.15, 0.2) is 54.7 Å². The number of imidazole rings is 1. The Morgan fingerprint density at radius 3 is 2.59 bits per heavy atom. The van der Waals surface area contributed by atoms with Gasteiger partial charge in [-0.15, -0.1) is 0 Å². The van der Waals surface area contributed by atoms with Crippen LogP contribution in [0.2, 0.25) is 5.02 Å². The zero-order valence-electron chi connectivity index (χ0n) is 18.3. The molecule has 0 spiro atoms. The molecule has 32 heavy (non-hydrogen) atoms. The van der Waals surface area contributed by atoms with Crippen LogP contribution in [0.5, 0.6) is 0 Å². The van der Waals surface area contributed by atoms with Crippen molar-refractivity contribution in [2.75, 3.05) is 5.32 Å². The van der Waals surface area contributed by atoms with E-state index in [2.05, 4.69) is 21.4 Å². The Kier molecular flexibility index (Phi) is 6.61. The molecule has 2 aromatic carbocycles. The number of carbonyl (C=O) groups excluding carboxylic acids is 2. The van der Waals surface area contributed by atoms with E-state index >= 15 is 0 Å². The smallest absolute Gasteiger partial charge is 0.251 e. The second kappa shape index (κ2) is 9.57. The number of benzene rings is 2. The third kappa shape index (κ3) is 5.02. The first-order valence-corrected chi connectivity index (χ1v) is 11.3. The number of halogens is 1. The van der Waals surface area contributed by atoms with Gasteiger partial charge in [-0.25, -0.2) is 4.98 Å². The van der Waals surface area contributed by atoms with Crippen LogP contribution in [-0.2, 0) is 17.8 Å². The molecule has 166 valence electrons. The highest BCUT2D eigenvalue weighted by Gasteiger charge is 2.25. The van der Waals surface area contributed by atoms with E-state index in [4.69, 9.17) is 16.6 Å². The fraction of sp³-hybridized carbons (Fsp3) is 0.320. The third-order valence-corrected chi connectivity index (χ3v) is 5.93. The Morgan fingerprint density at radius 2 is 1.88 bits per heavy atom. The average molecular weight is 451 g/mol. The van der Waals surface area contributed by atoms with Gasteiger partial charge in [-0.2, -0.15) is 0 Å². The van der Waals surface area contributed by atoms with Gasteiger partial charge in [0.2, 0.25) is 5.91 Å². The van der Waals surface area contributed by atoms with Crippen LogP contribution in [0.25, 0.3) is 11.3 Å². The fourth-order valence-corrected chi connectivity index (χ4v) is 4.01. The highest BCUT2D eigenvalue weighted by atomic mass is 35.5. The Hall–Kier alpha value is -3.12. The summed E-state index contributed by atoms with van der Waals surface area (Å²) in [6.45, 7) is 4.80. The molecule has 0 saturated heterocycles. The summed E-state index contributed by atoms with van der Waals surface area (Å²) < 4.78 is 2.21. The van der Waals surface area contributed by atoms with Crippen molar-refractivity contribution in [1.82, 2.24) is 14.9 Å². The topological polar surface area (TPSA) is 76.0 Å². The number of aryl methyl sites for hydroxylation is 2. The molecule has 2 N–H and O–H groups in total. The predicted octanol–water partition coefficient (Wildman–Crippen LogP) is 4.93. The monoisotopic (exact) mass is 450 g/mol. The van der Waals surface area contributed by atoms with E-state index in [1.807, 2.05) is 38.1 Å². The van der Waals surface area contributed by atoms with Crippen LogP contribution < -0.4 is 10.6 Å². The van der Waals surface area contributed by atoms with Crippen LogP contribution >= 0.6 is 11.6 Å². The van der Waals surface area contributed by atoms with E-state index in [-0.39, 0.29) is 17.7 Å². The van der Waals surface area contributed by atoms with Gasteiger partial charge < -0.3 is 15.2 Å². The third-order valence-electron chi connectivity index (χ3n) is 5.68. The van der Waals surface area contributed by atoms with Gasteiger partial charge in [-0.3, -0.25) is 9.59 Å². The summed E-state index contributed by atoms with van der Waals surface area (Å²) in [7, 11) is 0. The number of hydrogen-bond donors (Lipinski definition) is 2. The number of nitrogens with one attached hydrogen (secondary N) is 2. The van der Waals surface area contributed by atoms with Crippen molar-refractivity contribution in [3.05, 3.63) is 71.1 Å². The average Bonchev–Trinajstić information content (AvgIpc) is 3.22. The van der Waals surface area contributed by atoms with Crippen molar-refractivity contribution in [3.63, 3.8) is 0 Å². The summed E-state index contributed by atoms with van der Waals surface area (Å²) >= 11 is 5.90. The number of carbonyl (C=O) groups is 2. The van der Waals surface area contributed by atoms with Gasteiger partial charge in [-0.05, 0) is 55.2 Å². The lowest BCUT2D eigenvalue weighted by Crippen LogP contribution is -2.47. The van der Waals surface area contributed by atoms with Crippen molar-refractivity contribution >= 4 is 29.1 Å². The maximum atomic E-state index is 13.0. The van der Waals surface area contributed by atoms with Crippen LogP contribution in [0.4, 0.5) is 5.69 Å². The summed E-state index contributed by atoms with van der Waals surface area (Å²) in [5, 5.41) is 6.35. The first kappa shape index (κ1) is 22.1. The van der Waals surface area contributed by atoms with Gasteiger partial charge in [0, 0.05) is 41.0 Å². The standard InChI is InChI=1S/C25H27ClN4O2/c1-16(2)23(29-24(31)17-9-11-19(26)12-10-17)25(32)27-20-7-5-6-18(14-20)21-15-30-13-4-3-8-22(30)28-21/h5-7,9-12,14-16,23H,3-4,8,13H2,1-2H3,(H,27,32)(H,29,31). The molecule has 4 rings (SSSR count). The molecule has 0 saturated carbocycles. The lowest BCUT2D eigenvalue weighted by molar-refractivity contribution is -0.118. The van der Waals surface area contributed by atoms with Crippen molar-refractivity contribution in [2.45, 2.75) is 45.7 Å². The molecular formula is C25H27ClN4O2. The highest BCUT2D eigenvalue weighted by Crippen LogP contribution is 2.25. The van der Waals surface area contributed by atoms with Crippen LogP contribution in [0.1, 0.15) is 42.9 Å². The molecule has 7 heteroatoms. The Morgan fingerprint density at radius 1 is 1.09 bits per heavy atom. The van der Waals surface area contributed by atoms with Crippen molar-refractivity contribution in [2.24, 2.45) is 5.92 Å². The number of rotatable bonds is 6. The highest BCUT2D eigenvalue weighted by molar-refractivity contribution is 6.30. The second-order valence-electron chi connectivity index (χ2n) is 8.46. The fourth-order valence-electron chi connectivity index (χ4n) is 3.89. The van der Waals surface area contributed by atoms with Crippen molar-refractivity contribution < 1.29 is 9.59 Å². The summed E-state index contributed by atoms with van der Waals surface area (Å²) in [5.74, 6) is 0.455. The Balaban J connectivity index is 1.47. The minimum absolute atomic E-state index is 0.0886. The predicted molar refractivity (Wildman–Crippen MR) is 127 cm³/mol. The first-order valence-electron chi connectivity index (χ1n) is 10.9. The van der Waals surface area contributed by atoms with Gasteiger partial charge in [-0.1, -0.05) is 37.6 Å². The van der Waals surface area contributed by atoms with Crippen molar-refractivity contribution in [3.8, 4) is 11.3 Å². The molecule has 2 heterocycles. The number of anilines is 1. The summed E-state index contributed by atoms with van der Waals surface area (Å²) in [5.41, 5.74) is 2.99. The van der Waals surface area contributed by atoms with Gasteiger partial charge in [0.1, 0.15) is 11.9 Å². The Bertz CT molecular complexity index is 1100. The normalized spacial score (nSPS) is 14.0. The van der Waals surface area contributed by atoms with Crippen LogP contribution in [0, 0.1) is 5.92 Å². The zero-order valence-corrected chi connectivity index (χ0v) is 19.0. The van der Waals surface area contributed by atoms with Crippen molar-refractivity contribution in [1.29, 1.82) is 0 Å². The molecule has 0 fully saturated rings. The molecule has 1 aromatic heterocycles. The lowest BCUT2D eigenvalue weighted by Gasteiger charge is -2.22. The number of hydrogen-bond acceptors (Lipinski definition) is 3. The van der Waals surface area contributed by atoms with E-state index in [1.165, 1.54) is 12.8 Å². The molecule has 0 aliphatic carbocycles. The van der Waals surface area contributed by atoms with E-state index in [1.54, 1.807) is 24.3 Å². The summed E-state index contributed by atoms with van der Waals surface area (Å²) in [4.78, 5) is 30.4. The number of amides is 2. The minimum Gasteiger partial charge on any atom is -0.340 e. The lowest BCUT2D eigenvalue weighted by atomic mass is 10.0. The number of aromatic nitrogens is 2.